The Morgan fingerprint density at radius 1 is 1.21 bits per heavy atom. The summed E-state index contributed by atoms with van der Waals surface area (Å²) < 4.78 is 8.90. The fraction of sp³-hybridized carbons (Fsp3) is 0.105. The monoisotopic (exact) mass is 385 g/mol. The van der Waals surface area contributed by atoms with Gasteiger partial charge in [-0.15, -0.1) is 0 Å². The van der Waals surface area contributed by atoms with Gasteiger partial charge in [0.05, 0.1) is 23.5 Å². The summed E-state index contributed by atoms with van der Waals surface area (Å²) in [6.07, 6.45) is 6.29. The standard InChI is InChI=1S/C19H15N5O4.Li.H/c1-23-10-14(9-21-23)24-5-4-18(25)17(22-24)11-28-15-2-3-16-12(7-15)6-13(8-20-16)19(26)27;;/h2-10H,11H2,1H3,(H,26,27);;. The van der Waals surface area contributed by atoms with E-state index in [1.54, 1.807) is 53.2 Å². The van der Waals surface area contributed by atoms with Crippen molar-refractivity contribution in [1.82, 2.24) is 24.5 Å². The zero-order chi connectivity index (χ0) is 19.7. The van der Waals surface area contributed by atoms with Crippen molar-refractivity contribution in [3.63, 3.8) is 0 Å². The Hall–Kier alpha value is -3.41. The van der Waals surface area contributed by atoms with Crippen molar-refractivity contribution in [2.24, 2.45) is 7.05 Å². The number of aryl methyl sites for hydroxylation is 1. The number of carboxylic acid groups (broad SMARTS) is 1. The summed E-state index contributed by atoms with van der Waals surface area (Å²) in [7, 11) is 1.79. The van der Waals surface area contributed by atoms with Gasteiger partial charge in [0.25, 0.3) is 0 Å². The zero-order valence-electron chi connectivity index (χ0n) is 14.8. The van der Waals surface area contributed by atoms with Crippen LogP contribution in [0.5, 0.6) is 5.75 Å². The fourth-order valence-electron chi connectivity index (χ4n) is 2.69. The average Bonchev–Trinajstić information content (AvgIpc) is 3.13. The van der Waals surface area contributed by atoms with Gasteiger partial charge in [0, 0.05) is 30.9 Å². The molecule has 1 aromatic carbocycles. The number of carbonyl (C=O) groups is 1. The van der Waals surface area contributed by atoms with Crippen LogP contribution < -0.4 is 10.2 Å². The van der Waals surface area contributed by atoms with Crippen LogP contribution in [-0.2, 0) is 13.7 Å². The van der Waals surface area contributed by atoms with E-state index in [0.29, 0.717) is 16.7 Å². The number of hydrogen-bond acceptors (Lipinski definition) is 6. The molecule has 4 rings (SSSR count). The van der Waals surface area contributed by atoms with Crippen molar-refractivity contribution in [3.05, 3.63) is 76.6 Å². The number of nitrogens with zero attached hydrogens (tertiary/aromatic N) is 5. The molecule has 0 aliphatic heterocycles. The molecule has 4 aromatic rings. The van der Waals surface area contributed by atoms with Gasteiger partial charge in [-0.25, -0.2) is 9.48 Å². The van der Waals surface area contributed by atoms with Crippen molar-refractivity contribution in [2.75, 3.05) is 0 Å². The molecule has 142 valence electrons. The molecule has 1 N–H and O–H groups in total. The molecule has 3 heterocycles. The summed E-state index contributed by atoms with van der Waals surface area (Å²) >= 11 is 0. The molecular formula is C19H16LiN5O4. The molecule has 10 heteroatoms. The third-order valence-corrected chi connectivity index (χ3v) is 4.11. The third-order valence-electron chi connectivity index (χ3n) is 4.11. The van der Waals surface area contributed by atoms with E-state index < -0.39 is 5.97 Å². The van der Waals surface area contributed by atoms with E-state index in [0.717, 1.165) is 5.69 Å². The molecule has 0 spiro atoms. The average molecular weight is 385 g/mol. The molecule has 29 heavy (non-hydrogen) atoms. The number of pyridine rings is 1. The minimum atomic E-state index is -1.05. The third kappa shape index (κ3) is 4.37. The number of fused-ring (bicyclic) bond motifs is 1. The normalized spacial score (nSPS) is 10.5. The maximum atomic E-state index is 12.1. The van der Waals surface area contributed by atoms with Crippen LogP contribution in [0.1, 0.15) is 16.1 Å². The second-order valence-corrected chi connectivity index (χ2v) is 6.12. The number of rotatable bonds is 5. The van der Waals surface area contributed by atoms with Crippen LogP contribution >= 0.6 is 0 Å². The molecule has 0 saturated carbocycles. The number of benzene rings is 1. The van der Waals surface area contributed by atoms with Gasteiger partial charge in [-0.05, 0) is 24.3 Å². The molecule has 0 atom stereocenters. The molecule has 0 aliphatic rings. The molecule has 0 aliphatic carbocycles. The summed E-state index contributed by atoms with van der Waals surface area (Å²) in [4.78, 5) is 27.3. The van der Waals surface area contributed by atoms with Crippen molar-refractivity contribution in [3.8, 4) is 11.4 Å². The molecule has 0 fully saturated rings. The van der Waals surface area contributed by atoms with Crippen LogP contribution in [0, 0.1) is 0 Å². The van der Waals surface area contributed by atoms with Gasteiger partial charge in [0.1, 0.15) is 23.7 Å². The number of hydrogen-bond donors (Lipinski definition) is 1. The second-order valence-electron chi connectivity index (χ2n) is 6.12. The summed E-state index contributed by atoms with van der Waals surface area (Å²) in [6, 6.07) is 8.05. The summed E-state index contributed by atoms with van der Waals surface area (Å²) in [5.41, 5.74) is 1.46. The van der Waals surface area contributed by atoms with E-state index >= 15 is 0 Å². The first-order chi connectivity index (χ1) is 13.5. The molecule has 0 saturated heterocycles. The Balaban J connectivity index is 0.00000240. The Bertz CT molecular complexity index is 1250. The van der Waals surface area contributed by atoms with Crippen molar-refractivity contribution in [2.45, 2.75) is 6.61 Å². The second kappa shape index (κ2) is 8.30. The molecule has 0 radical (unpaired) electrons. The number of aromatic carboxylic acids is 1. The van der Waals surface area contributed by atoms with Crippen molar-refractivity contribution in [1.29, 1.82) is 0 Å². The minimum absolute atomic E-state index is 0. The summed E-state index contributed by atoms with van der Waals surface area (Å²) in [5.74, 6) is -0.569. The van der Waals surface area contributed by atoms with E-state index in [2.05, 4.69) is 15.2 Å². The predicted molar refractivity (Wildman–Crippen MR) is 107 cm³/mol. The number of ether oxygens (including phenoxy) is 1. The van der Waals surface area contributed by atoms with Gasteiger partial charge in [-0.2, -0.15) is 10.2 Å². The summed E-state index contributed by atoms with van der Waals surface area (Å²) in [5, 5.41) is 18.1. The van der Waals surface area contributed by atoms with Crippen LogP contribution in [0.25, 0.3) is 16.6 Å². The van der Waals surface area contributed by atoms with E-state index in [4.69, 9.17) is 9.84 Å². The molecule has 0 unspecified atom stereocenters. The van der Waals surface area contributed by atoms with Crippen molar-refractivity contribution < 1.29 is 14.6 Å². The van der Waals surface area contributed by atoms with Crippen LogP contribution in [0.3, 0.4) is 0 Å². The Morgan fingerprint density at radius 3 is 2.76 bits per heavy atom. The van der Waals surface area contributed by atoms with Crippen LogP contribution in [0.4, 0.5) is 0 Å². The Labute approximate surface area is 176 Å². The SMILES string of the molecule is Cn1cc(-n2ccc(=O)c(COc3ccc4ncc(C(=O)O)cc4c3)n2)cn1.[LiH]. The van der Waals surface area contributed by atoms with Gasteiger partial charge < -0.3 is 9.84 Å². The van der Waals surface area contributed by atoms with Crippen LogP contribution in [-0.4, -0.2) is 54.5 Å². The topological polar surface area (TPSA) is 112 Å². The predicted octanol–water partition coefficient (Wildman–Crippen LogP) is 1.14. The Morgan fingerprint density at radius 2 is 2.03 bits per heavy atom. The first-order valence-electron chi connectivity index (χ1n) is 8.33. The maximum absolute atomic E-state index is 12.1. The zero-order valence-corrected chi connectivity index (χ0v) is 14.8. The van der Waals surface area contributed by atoms with Gasteiger partial charge in [0.2, 0.25) is 5.43 Å². The fourth-order valence-corrected chi connectivity index (χ4v) is 2.69. The van der Waals surface area contributed by atoms with Crippen LogP contribution in [0.15, 0.2) is 59.9 Å². The molecule has 9 nitrogen and oxygen atoms in total. The van der Waals surface area contributed by atoms with E-state index in [-0.39, 0.29) is 42.2 Å². The first kappa shape index (κ1) is 20.3. The van der Waals surface area contributed by atoms with Crippen molar-refractivity contribution >= 4 is 35.7 Å². The number of aromatic nitrogens is 5. The molecule has 3 aromatic heterocycles. The van der Waals surface area contributed by atoms with Gasteiger partial charge >= 0.3 is 24.8 Å². The molecular weight excluding hydrogens is 369 g/mol. The molecule has 0 amide bonds. The summed E-state index contributed by atoms with van der Waals surface area (Å²) in [6.45, 7) is -0.0303. The van der Waals surface area contributed by atoms with E-state index in [1.165, 1.54) is 18.3 Å². The number of carboxylic acids is 1. The van der Waals surface area contributed by atoms with Gasteiger partial charge in [-0.3, -0.25) is 14.5 Å². The molecule has 0 bridgehead atoms. The quantitative estimate of drug-likeness (QED) is 0.513. The van der Waals surface area contributed by atoms with Crippen LogP contribution in [0.2, 0.25) is 0 Å². The first-order valence-corrected chi connectivity index (χ1v) is 8.33. The Kier molecular flexibility index (Phi) is 5.82. The van der Waals surface area contributed by atoms with E-state index in [9.17, 15) is 9.59 Å². The van der Waals surface area contributed by atoms with Gasteiger partial charge in [-0.1, -0.05) is 0 Å². The van der Waals surface area contributed by atoms with Gasteiger partial charge in [0.15, 0.2) is 0 Å². The van der Waals surface area contributed by atoms with E-state index in [1.807, 2.05) is 0 Å².